The predicted octanol–water partition coefficient (Wildman–Crippen LogP) is 2.04. The molecular weight excluding hydrogens is 252 g/mol. The summed E-state index contributed by atoms with van der Waals surface area (Å²) < 4.78 is 5.15. The van der Waals surface area contributed by atoms with Gasteiger partial charge in [-0.1, -0.05) is 12.1 Å². The number of rotatable bonds is 5. The van der Waals surface area contributed by atoms with E-state index >= 15 is 0 Å². The molecule has 20 heavy (non-hydrogen) atoms. The average molecular weight is 276 g/mol. The van der Waals surface area contributed by atoms with Crippen LogP contribution in [0.4, 0.5) is 0 Å². The fraction of sp³-hybridized carbons (Fsp3) is 0.562. The summed E-state index contributed by atoms with van der Waals surface area (Å²) in [5, 5.41) is 3.31. The van der Waals surface area contributed by atoms with E-state index in [-0.39, 0.29) is 11.8 Å². The Kier molecular flexibility index (Phi) is 5.41. The van der Waals surface area contributed by atoms with Gasteiger partial charge in [0.15, 0.2) is 0 Å². The van der Waals surface area contributed by atoms with E-state index in [0.717, 1.165) is 43.8 Å². The van der Waals surface area contributed by atoms with E-state index < -0.39 is 0 Å². The number of ether oxygens (including phenoxy) is 1. The van der Waals surface area contributed by atoms with Gasteiger partial charge in [-0.3, -0.25) is 4.79 Å². The zero-order valence-electron chi connectivity index (χ0n) is 12.4. The predicted molar refractivity (Wildman–Crippen MR) is 79.7 cm³/mol. The van der Waals surface area contributed by atoms with Gasteiger partial charge in [0.25, 0.3) is 0 Å². The summed E-state index contributed by atoms with van der Waals surface area (Å²) in [6, 6.07) is 7.92. The summed E-state index contributed by atoms with van der Waals surface area (Å²) in [6.45, 7) is 5.32. The Morgan fingerprint density at radius 1 is 1.40 bits per heavy atom. The van der Waals surface area contributed by atoms with Crippen molar-refractivity contribution in [2.24, 2.45) is 5.92 Å². The number of methoxy groups -OCH3 is 1. The van der Waals surface area contributed by atoms with E-state index in [0.29, 0.717) is 6.54 Å². The van der Waals surface area contributed by atoms with E-state index in [1.165, 1.54) is 0 Å². The lowest BCUT2D eigenvalue weighted by atomic mass is 9.98. The molecule has 1 amide bonds. The first-order chi connectivity index (χ1) is 9.74. The molecule has 1 heterocycles. The monoisotopic (exact) mass is 276 g/mol. The lowest BCUT2D eigenvalue weighted by Crippen LogP contribution is -2.42. The normalized spacial score (nSPS) is 18.6. The van der Waals surface area contributed by atoms with Crippen LogP contribution >= 0.6 is 0 Å². The summed E-state index contributed by atoms with van der Waals surface area (Å²) in [5.74, 6) is 1.26. The molecule has 1 N–H and O–H groups in total. The highest BCUT2D eigenvalue weighted by Gasteiger charge is 2.25. The first kappa shape index (κ1) is 14.9. The van der Waals surface area contributed by atoms with Gasteiger partial charge < -0.3 is 15.0 Å². The van der Waals surface area contributed by atoms with Crippen LogP contribution in [-0.2, 0) is 11.3 Å². The molecule has 1 aliphatic heterocycles. The van der Waals surface area contributed by atoms with Crippen LogP contribution in [0.5, 0.6) is 5.75 Å². The fourth-order valence-electron chi connectivity index (χ4n) is 2.62. The van der Waals surface area contributed by atoms with Gasteiger partial charge in [0.05, 0.1) is 13.0 Å². The molecule has 1 fully saturated rings. The Morgan fingerprint density at radius 3 is 2.70 bits per heavy atom. The number of carbonyl (C=O) groups is 1. The molecule has 4 heteroatoms. The second-order valence-corrected chi connectivity index (χ2v) is 5.24. The highest BCUT2D eigenvalue weighted by Crippen LogP contribution is 2.17. The summed E-state index contributed by atoms with van der Waals surface area (Å²) in [4.78, 5) is 14.5. The van der Waals surface area contributed by atoms with Crippen molar-refractivity contribution in [3.8, 4) is 5.75 Å². The van der Waals surface area contributed by atoms with Crippen LogP contribution in [0.3, 0.4) is 0 Å². The molecule has 0 aliphatic carbocycles. The first-order valence-corrected chi connectivity index (χ1v) is 7.37. The van der Waals surface area contributed by atoms with E-state index in [9.17, 15) is 4.79 Å². The average Bonchev–Trinajstić information content (AvgIpc) is 2.53. The molecule has 1 atom stereocenters. The summed E-state index contributed by atoms with van der Waals surface area (Å²) >= 11 is 0. The second kappa shape index (κ2) is 7.29. The molecule has 1 saturated heterocycles. The first-order valence-electron chi connectivity index (χ1n) is 7.37. The molecule has 0 spiro atoms. The van der Waals surface area contributed by atoms with Crippen LogP contribution in [0.25, 0.3) is 0 Å². The van der Waals surface area contributed by atoms with Crippen LogP contribution in [0, 0.1) is 5.92 Å². The van der Waals surface area contributed by atoms with Crippen molar-refractivity contribution in [1.82, 2.24) is 10.2 Å². The zero-order chi connectivity index (χ0) is 14.4. The topological polar surface area (TPSA) is 41.6 Å². The zero-order valence-corrected chi connectivity index (χ0v) is 12.4. The van der Waals surface area contributed by atoms with Gasteiger partial charge >= 0.3 is 0 Å². The quantitative estimate of drug-likeness (QED) is 0.895. The third kappa shape index (κ3) is 3.73. The fourth-order valence-corrected chi connectivity index (χ4v) is 2.62. The van der Waals surface area contributed by atoms with Crippen molar-refractivity contribution in [3.63, 3.8) is 0 Å². The molecule has 4 nitrogen and oxygen atoms in total. The molecule has 2 rings (SSSR count). The number of carbonyl (C=O) groups excluding carboxylic acids is 1. The van der Waals surface area contributed by atoms with Gasteiger partial charge in [0, 0.05) is 19.6 Å². The maximum atomic E-state index is 12.5. The maximum absolute atomic E-state index is 12.5. The molecule has 110 valence electrons. The van der Waals surface area contributed by atoms with Crippen LogP contribution in [0.15, 0.2) is 24.3 Å². The molecule has 1 aromatic rings. The van der Waals surface area contributed by atoms with Gasteiger partial charge in [0.2, 0.25) is 5.91 Å². The van der Waals surface area contributed by atoms with Crippen molar-refractivity contribution >= 4 is 5.91 Å². The highest BCUT2D eigenvalue weighted by atomic mass is 16.5. The van der Waals surface area contributed by atoms with E-state index in [1.54, 1.807) is 7.11 Å². The third-order valence-electron chi connectivity index (χ3n) is 3.87. The van der Waals surface area contributed by atoms with Crippen LogP contribution < -0.4 is 10.1 Å². The Morgan fingerprint density at radius 2 is 2.15 bits per heavy atom. The minimum atomic E-state index is 0.141. The van der Waals surface area contributed by atoms with Gasteiger partial charge in [-0.25, -0.2) is 0 Å². The van der Waals surface area contributed by atoms with Gasteiger partial charge in [-0.2, -0.15) is 0 Å². The lowest BCUT2D eigenvalue weighted by molar-refractivity contribution is -0.136. The van der Waals surface area contributed by atoms with Crippen molar-refractivity contribution in [2.45, 2.75) is 26.3 Å². The van der Waals surface area contributed by atoms with Gasteiger partial charge in [-0.05, 0) is 44.0 Å². The Labute approximate surface area is 121 Å². The highest BCUT2D eigenvalue weighted by molar-refractivity contribution is 5.79. The van der Waals surface area contributed by atoms with Gasteiger partial charge in [-0.15, -0.1) is 0 Å². The van der Waals surface area contributed by atoms with E-state index in [1.807, 2.05) is 36.1 Å². The standard InChI is InChI=1S/C16H24N2O2/c1-3-18(16(19)14-5-4-10-17-11-14)12-13-6-8-15(20-2)9-7-13/h6-9,14,17H,3-5,10-12H2,1-2H3/t14-/m0/s1. The number of hydrogen-bond acceptors (Lipinski definition) is 3. The minimum absolute atomic E-state index is 0.141. The molecule has 1 aliphatic rings. The molecule has 0 bridgehead atoms. The third-order valence-corrected chi connectivity index (χ3v) is 3.87. The Balaban J connectivity index is 1.97. The van der Waals surface area contributed by atoms with E-state index in [2.05, 4.69) is 5.32 Å². The van der Waals surface area contributed by atoms with Crippen molar-refractivity contribution in [1.29, 1.82) is 0 Å². The number of amides is 1. The SMILES string of the molecule is CCN(Cc1ccc(OC)cc1)C(=O)[C@H]1CCCNC1. The van der Waals surface area contributed by atoms with E-state index in [4.69, 9.17) is 4.74 Å². The molecule has 0 saturated carbocycles. The maximum Gasteiger partial charge on any atom is 0.227 e. The summed E-state index contributed by atoms with van der Waals surface area (Å²) in [6.07, 6.45) is 2.10. The summed E-state index contributed by atoms with van der Waals surface area (Å²) in [7, 11) is 1.66. The second-order valence-electron chi connectivity index (χ2n) is 5.24. The minimum Gasteiger partial charge on any atom is -0.497 e. The number of piperidine rings is 1. The molecule has 0 unspecified atom stereocenters. The van der Waals surface area contributed by atoms with Crippen LogP contribution in [-0.4, -0.2) is 37.6 Å². The van der Waals surface area contributed by atoms with Crippen molar-refractivity contribution < 1.29 is 9.53 Å². The molecule has 1 aromatic carbocycles. The molecular formula is C16H24N2O2. The summed E-state index contributed by atoms with van der Waals surface area (Å²) in [5.41, 5.74) is 1.14. The molecule has 0 aromatic heterocycles. The van der Waals surface area contributed by atoms with Gasteiger partial charge in [0.1, 0.15) is 5.75 Å². The molecule has 0 radical (unpaired) electrons. The largest absolute Gasteiger partial charge is 0.497 e. The van der Waals surface area contributed by atoms with Crippen LogP contribution in [0.2, 0.25) is 0 Å². The number of nitrogens with zero attached hydrogens (tertiary/aromatic N) is 1. The van der Waals surface area contributed by atoms with Crippen molar-refractivity contribution in [2.75, 3.05) is 26.7 Å². The Hall–Kier alpha value is -1.55. The Bertz CT molecular complexity index is 425. The number of nitrogens with one attached hydrogen (secondary N) is 1. The smallest absolute Gasteiger partial charge is 0.227 e. The number of hydrogen-bond donors (Lipinski definition) is 1. The van der Waals surface area contributed by atoms with Crippen molar-refractivity contribution in [3.05, 3.63) is 29.8 Å². The lowest BCUT2D eigenvalue weighted by Gasteiger charge is -2.29. The number of benzene rings is 1. The van der Waals surface area contributed by atoms with Crippen LogP contribution in [0.1, 0.15) is 25.3 Å².